The van der Waals surface area contributed by atoms with Crippen LogP contribution in [0.3, 0.4) is 0 Å². The van der Waals surface area contributed by atoms with Crippen molar-refractivity contribution < 1.29 is 13.5 Å². The van der Waals surface area contributed by atoms with Crippen LogP contribution in [0.1, 0.15) is 18.1 Å². The number of rotatable bonds is 4. The second kappa shape index (κ2) is 5.59. The van der Waals surface area contributed by atoms with E-state index >= 15 is 0 Å². The first-order valence-corrected chi connectivity index (χ1v) is 6.30. The van der Waals surface area contributed by atoms with Crippen LogP contribution in [-0.2, 0) is 12.0 Å². The fourth-order valence-corrected chi connectivity index (χ4v) is 2.19. The molecule has 2 nitrogen and oxygen atoms in total. The first-order chi connectivity index (χ1) is 9.44. The summed E-state index contributed by atoms with van der Waals surface area (Å²) in [5.74, 6) is -0.606. The van der Waals surface area contributed by atoms with Gasteiger partial charge in [0.25, 0.3) is 0 Å². The SMILES string of the molecule is COc1cccc(CC(C)(N)c2cccc(F)c2)c1F. The summed E-state index contributed by atoms with van der Waals surface area (Å²) in [6, 6.07) is 11.0. The summed E-state index contributed by atoms with van der Waals surface area (Å²) in [6.45, 7) is 1.75. The van der Waals surface area contributed by atoms with Crippen LogP contribution in [0.15, 0.2) is 42.5 Å². The lowest BCUT2D eigenvalue weighted by molar-refractivity contribution is 0.380. The zero-order valence-corrected chi connectivity index (χ0v) is 11.5. The van der Waals surface area contributed by atoms with E-state index in [0.717, 1.165) is 0 Å². The molecule has 0 fully saturated rings. The van der Waals surface area contributed by atoms with Crippen LogP contribution in [0, 0.1) is 11.6 Å². The van der Waals surface area contributed by atoms with E-state index in [-0.39, 0.29) is 18.0 Å². The lowest BCUT2D eigenvalue weighted by atomic mass is 9.86. The second-order valence-electron chi connectivity index (χ2n) is 5.04. The highest BCUT2D eigenvalue weighted by Crippen LogP contribution is 2.27. The van der Waals surface area contributed by atoms with Gasteiger partial charge in [0.1, 0.15) is 5.82 Å². The minimum atomic E-state index is -0.866. The van der Waals surface area contributed by atoms with Gasteiger partial charge >= 0.3 is 0 Å². The second-order valence-corrected chi connectivity index (χ2v) is 5.04. The van der Waals surface area contributed by atoms with Gasteiger partial charge in [0.2, 0.25) is 0 Å². The van der Waals surface area contributed by atoms with Gasteiger partial charge in [-0.15, -0.1) is 0 Å². The zero-order chi connectivity index (χ0) is 14.8. The van der Waals surface area contributed by atoms with Crippen molar-refractivity contribution in [3.8, 4) is 5.75 Å². The van der Waals surface area contributed by atoms with E-state index in [1.165, 1.54) is 19.2 Å². The summed E-state index contributed by atoms with van der Waals surface area (Å²) in [6.07, 6.45) is 0.249. The van der Waals surface area contributed by atoms with Gasteiger partial charge in [-0.3, -0.25) is 0 Å². The molecule has 2 aromatic carbocycles. The molecule has 0 saturated carbocycles. The molecule has 0 aliphatic heterocycles. The minimum Gasteiger partial charge on any atom is -0.494 e. The van der Waals surface area contributed by atoms with E-state index in [9.17, 15) is 8.78 Å². The molecule has 0 amide bonds. The van der Waals surface area contributed by atoms with Gasteiger partial charge < -0.3 is 10.5 Å². The molecule has 1 atom stereocenters. The molecule has 20 heavy (non-hydrogen) atoms. The highest BCUT2D eigenvalue weighted by atomic mass is 19.1. The van der Waals surface area contributed by atoms with Crippen molar-refractivity contribution in [3.05, 3.63) is 65.2 Å². The highest BCUT2D eigenvalue weighted by molar-refractivity contribution is 5.34. The smallest absolute Gasteiger partial charge is 0.168 e. The molecule has 0 aliphatic rings. The maximum Gasteiger partial charge on any atom is 0.168 e. The van der Waals surface area contributed by atoms with Crippen molar-refractivity contribution in [1.82, 2.24) is 0 Å². The number of hydrogen-bond acceptors (Lipinski definition) is 2. The quantitative estimate of drug-likeness (QED) is 0.929. The van der Waals surface area contributed by atoms with Crippen molar-refractivity contribution in [2.24, 2.45) is 5.73 Å². The van der Waals surface area contributed by atoms with Crippen LogP contribution >= 0.6 is 0 Å². The van der Waals surface area contributed by atoms with Crippen molar-refractivity contribution in [2.45, 2.75) is 18.9 Å². The molecule has 2 aromatic rings. The van der Waals surface area contributed by atoms with E-state index in [1.807, 2.05) is 0 Å². The summed E-state index contributed by atoms with van der Waals surface area (Å²) >= 11 is 0. The Labute approximate surface area is 117 Å². The molecule has 2 rings (SSSR count). The Kier molecular flexibility index (Phi) is 4.04. The zero-order valence-electron chi connectivity index (χ0n) is 11.5. The highest BCUT2D eigenvalue weighted by Gasteiger charge is 2.24. The molecular weight excluding hydrogens is 260 g/mol. The van der Waals surface area contributed by atoms with E-state index in [4.69, 9.17) is 10.5 Å². The van der Waals surface area contributed by atoms with Gasteiger partial charge in [-0.2, -0.15) is 0 Å². The normalized spacial score (nSPS) is 13.8. The standard InChI is InChI=1S/C16H17F2NO/c1-16(19,12-6-4-7-13(17)9-12)10-11-5-3-8-14(20-2)15(11)18/h3-9H,10,19H2,1-2H3. The largest absolute Gasteiger partial charge is 0.494 e. The molecule has 0 heterocycles. The number of halogens is 2. The van der Waals surface area contributed by atoms with Gasteiger partial charge in [-0.25, -0.2) is 8.78 Å². The van der Waals surface area contributed by atoms with Gasteiger partial charge in [0.05, 0.1) is 7.11 Å². The lowest BCUT2D eigenvalue weighted by Gasteiger charge is -2.26. The third-order valence-corrected chi connectivity index (χ3v) is 3.30. The molecule has 0 bridgehead atoms. The number of nitrogens with two attached hydrogens (primary N) is 1. The van der Waals surface area contributed by atoms with Gasteiger partial charge in [-0.05, 0) is 42.7 Å². The fourth-order valence-electron chi connectivity index (χ4n) is 2.19. The van der Waals surface area contributed by atoms with Crippen LogP contribution in [0.2, 0.25) is 0 Å². The Bertz CT molecular complexity index is 611. The molecule has 0 aliphatic carbocycles. The molecule has 0 spiro atoms. The molecule has 1 unspecified atom stereocenters. The Hall–Kier alpha value is -1.94. The topological polar surface area (TPSA) is 35.2 Å². The van der Waals surface area contributed by atoms with Crippen molar-refractivity contribution in [3.63, 3.8) is 0 Å². The number of ether oxygens (including phenoxy) is 1. The number of benzene rings is 2. The monoisotopic (exact) mass is 277 g/mol. The van der Waals surface area contributed by atoms with E-state index < -0.39 is 11.4 Å². The summed E-state index contributed by atoms with van der Waals surface area (Å²) < 4.78 is 32.4. The number of methoxy groups -OCH3 is 1. The van der Waals surface area contributed by atoms with Crippen molar-refractivity contribution >= 4 is 0 Å². The molecule has 0 saturated heterocycles. The van der Waals surface area contributed by atoms with Gasteiger partial charge in [0, 0.05) is 5.54 Å². The van der Waals surface area contributed by atoms with E-state index in [0.29, 0.717) is 11.1 Å². The fraction of sp³-hybridized carbons (Fsp3) is 0.250. The first kappa shape index (κ1) is 14.5. The molecule has 2 N–H and O–H groups in total. The molecule has 4 heteroatoms. The average Bonchev–Trinajstić information content (AvgIpc) is 2.41. The summed E-state index contributed by atoms with van der Waals surface area (Å²) in [5.41, 5.74) is 6.43. The minimum absolute atomic E-state index is 0.178. The molecule has 0 radical (unpaired) electrons. The summed E-state index contributed by atoms with van der Waals surface area (Å²) in [5, 5.41) is 0. The third kappa shape index (κ3) is 2.96. The van der Waals surface area contributed by atoms with Crippen LogP contribution in [0.5, 0.6) is 5.75 Å². The van der Waals surface area contributed by atoms with Crippen LogP contribution in [0.25, 0.3) is 0 Å². The Morgan fingerprint density at radius 1 is 1.15 bits per heavy atom. The third-order valence-electron chi connectivity index (χ3n) is 3.30. The van der Waals surface area contributed by atoms with Crippen molar-refractivity contribution in [1.29, 1.82) is 0 Å². The van der Waals surface area contributed by atoms with E-state index in [2.05, 4.69) is 0 Å². The maximum atomic E-state index is 14.1. The molecular formula is C16H17F2NO. The Balaban J connectivity index is 2.33. The lowest BCUT2D eigenvalue weighted by Crippen LogP contribution is -2.35. The van der Waals surface area contributed by atoms with Gasteiger partial charge in [-0.1, -0.05) is 24.3 Å². The number of hydrogen-bond donors (Lipinski definition) is 1. The van der Waals surface area contributed by atoms with Crippen LogP contribution in [0.4, 0.5) is 8.78 Å². The predicted molar refractivity (Wildman–Crippen MR) is 74.6 cm³/mol. The van der Waals surface area contributed by atoms with Crippen LogP contribution < -0.4 is 10.5 Å². The average molecular weight is 277 g/mol. The summed E-state index contributed by atoms with van der Waals surface area (Å²) in [7, 11) is 1.41. The van der Waals surface area contributed by atoms with Crippen LogP contribution in [-0.4, -0.2) is 7.11 Å². The van der Waals surface area contributed by atoms with Crippen molar-refractivity contribution in [2.75, 3.05) is 7.11 Å². The Morgan fingerprint density at radius 3 is 2.50 bits per heavy atom. The Morgan fingerprint density at radius 2 is 1.85 bits per heavy atom. The first-order valence-electron chi connectivity index (χ1n) is 6.30. The predicted octanol–water partition coefficient (Wildman–Crippen LogP) is 3.39. The van der Waals surface area contributed by atoms with E-state index in [1.54, 1.807) is 37.3 Å². The maximum absolute atomic E-state index is 14.1. The van der Waals surface area contributed by atoms with Gasteiger partial charge in [0.15, 0.2) is 11.6 Å². The molecule has 0 aromatic heterocycles. The summed E-state index contributed by atoms with van der Waals surface area (Å²) in [4.78, 5) is 0. The molecule has 106 valence electrons.